The lowest BCUT2D eigenvalue weighted by Gasteiger charge is -2.06. The summed E-state index contributed by atoms with van der Waals surface area (Å²) in [5, 5.41) is 10.3. The van der Waals surface area contributed by atoms with Gasteiger partial charge in [0.15, 0.2) is 0 Å². The fourth-order valence-corrected chi connectivity index (χ4v) is 2.99. The number of aromatic nitrogens is 4. The molecule has 134 valence electrons. The van der Waals surface area contributed by atoms with Gasteiger partial charge in [0.2, 0.25) is 17.0 Å². The Labute approximate surface area is 154 Å². The van der Waals surface area contributed by atoms with Crippen LogP contribution in [0.2, 0.25) is 0 Å². The van der Waals surface area contributed by atoms with Gasteiger partial charge < -0.3 is 10.6 Å². The second kappa shape index (κ2) is 7.52. The van der Waals surface area contributed by atoms with Crippen molar-refractivity contribution < 1.29 is 9.59 Å². The normalized spacial score (nSPS) is 10.7. The maximum Gasteiger partial charge on any atom is 0.253 e. The van der Waals surface area contributed by atoms with E-state index in [1.54, 1.807) is 28.8 Å². The molecule has 9 heteroatoms. The van der Waals surface area contributed by atoms with Crippen molar-refractivity contribution in [3.8, 4) is 0 Å². The third-order valence-corrected chi connectivity index (χ3v) is 4.26. The van der Waals surface area contributed by atoms with Crippen LogP contribution >= 0.6 is 11.8 Å². The van der Waals surface area contributed by atoms with Crippen molar-refractivity contribution in [1.82, 2.24) is 19.6 Å². The van der Waals surface area contributed by atoms with Crippen LogP contribution in [0.15, 0.2) is 35.5 Å². The summed E-state index contributed by atoms with van der Waals surface area (Å²) in [5.74, 6) is 0.404. The van der Waals surface area contributed by atoms with Gasteiger partial charge in [-0.05, 0) is 44.2 Å². The van der Waals surface area contributed by atoms with Crippen LogP contribution in [0.3, 0.4) is 0 Å². The van der Waals surface area contributed by atoms with Gasteiger partial charge in [-0.2, -0.15) is 4.98 Å². The third kappa shape index (κ3) is 4.37. The van der Waals surface area contributed by atoms with E-state index in [0.29, 0.717) is 22.3 Å². The van der Waals surface area contributed by atoms with Gasteiger partial charge in [-0.15, -0.1) is 5.10 Å². The summed E-state index contributed by atoms with van der Waals surface area (Å²) in [6.45, 7) is 5.28. The number of nitrogens with zero attached hydrogens (tertiary/aromatic N) is 4. The number of nitrogens with one attached hydrogen (secondary N) is 2. The zero-order chi connectivity index (χ0) is 18.7. The van der Waals surface area contributed by atoms with E-state index >= 15 is 0 Å². The maximum atomic E-state index is 12.1. The highest BCUT2D eigenvalue weighted by Crippen LogP contribution is 2.17. The van der Waals surface area contributed by atoms with Gasteiger partial charge in [0.05, 0.1) is 5.75 Å². The summed E-state index contributed by atoms with van der Waals surface area (Å²) in [7, 11) is 0. The van der Waals surface area contributed by atoms with E-state index in [1.807, 2.05) is 19.9 Å². The minimum atomic E-state index is -0.165. The second-order valence-corrected chi connectivity index (χ2v) is 6.68. The fourth-order valence-electron chi connectivity index (χ4n) is 2.38. The summed E-state index contributed by atoms with van der Waals surface area (Å²) in [6.07, 6.45) is 0. The first-order valence-corrected chi connectivity index (χ1v) is 8.90. The number of hydrogen-bond acceptors (Lipinski definition) is 6. The number of aryl methyl sites for hydroxylation is 2. The average molecular weight is 370 g/mol. The van der Waals surface area contributed by atoms with E-state index in [1.165, 1.54) is 18.7 Å². The zero-order valence-corrected chi connectivity index (χ0v) is 15.4. The Hall–Kier alpha value is -2.94. The Balaban J connectivity index is 1.59. The van der Waals surface area contributed by atoms with Gasteiger partial charge in [-0.3, -0.25) is 9.59 Å². The van der Waals surface area contributed by atoms with E-state index in [-0.39, 0.29) is 17.6 Å². The van der Waals surface area contributed by atoms with Crippen LogP contribution in [0.25, 0.3) is 5.78 Å². The van der Waals surface area contributed by atoms with Gasteiger partial charge in [0.1, 0.15) is 0 Å². The second-order valence-electron chi connectivity index (χ2n) is 5.74. The largest absolute Gasteiger partial charge is 0.326 e. The maximum absolute atomic E-state index is 12.1. The van der Waals surface area contributed by atoms with Crippen molar-refractivity contribution in [1.29, 1.82) is 0 Å². The lowest BCUT2D eigenvalue weighted by molar-refractivity contribution is -0.114. The van der Waals surface area contributed by atoms with Crippen molar-refractivity contribution in [2.75, 3.05) is 16.4 Å². The molecule has 2 N–H and O–H groups in total. The standard InChI is InChI=1S/C17H18N6O2S/c1-10-8-11(2)23-16(18-10)21-17(22-23)26-9-15(25)20-14-6-4-13(5-7-14)19-12(3)24/h4-8H,9H2,1-3H3,(H,19,24)(H,20,25). The molecule has 2 aromatic heterocycles. The quantitative estimate of drug-likeness (QED) is 0.669. The molecule has 0 aliphatic heterocycles. The number of thioether (sulfide) groups is 1. The molecule has 0 spiro atoms. The van der Waals surface area contributed by atoms with Crippen LogP contribution in [-0.4, -0.2) is 37.1 Å². The van der Waals surface area contributed by atoms with Crippen molar-refractivity contribution >= 4 is 40.7 Å². The molecule has 0 atom stereocenters. The average Bonchev–Trinajstić information content (AvgIpc) is 2.97. The Kier molecular flexibility index (Phi) is 5.17. The molecule has 3 aromatic rings. The summed E-state index contributed by atoms with van der Waals surface area (Å²) in [4.78, 5) is 31.8. The first kappa shape index (κ1) is 17.9. The molecule has 0 bridgehead atoms. The van der Waals surface area contributed by atoms with Gasteiger partial charge in [0, 0.05) is 29.7 Å². The highest BCUT2D eigenvalue weighted by atomic mass is 32.2. The van der Waals surface area contributed by atoms with Crippen molar-refractivity contribution in [2.45, 2.75) is 25.9 Å². The molecule has 0 saturated heterocycles. The minimum absolute atomic E-state index is 0.141. The van der Waals surface area contributed by atoms with Gasteiger partial charge in [-0.1, -0.05) is 11.8 Å². The lowest BCUT2D eigenvalue weighted by atomic mass is 10.3. The smallest absolute Gasteiger partial charge is 0.253 e. The molecule has 26 heavy (non-hydrogen) atoms. The molecule has 2 amide bonds. The number of amides is 2. The summed E-state index contributed by atoms with van der Waals surface area (Å²) in [5.41, 5.74) is 3.15. The summed E-state index contributed by atoms with van der Waals surface area (Å²) < 4.78 is 1.66. The van der Waals surface area contributed by atoms with E-state index in [0.717, 1.165) is 11.4 Å². The number of rotatable bonds is 5. The predicted octanol–water partition coefficient (Wildman–Crippen LogP) is 2.43. The van der Waals surface area contributed by atoms with Gasteiger partial charge in [0.25, 0.3) is 5.78 Å². The lowest BCUT2D eigenvalue weighted by Crippen LogP contribution is -2.14. The van der Waals surface area contributed by atoms with Crippen molar-refractivity contribution in [3.05, 3.63) is 41.7 Å². The monoisotopic (exact) mass is 370 g/mol. The molecule has 0 saturated carbocycles. The first-order valence-electron chi connectivity index (χ1n) is 7.92. The number of carbonyl (C=O) groups is 2. The van der Waals surface area contributed by atoms with Crippen LogP contribution in [0.5, 0.6) is 0 Å². The van der Waals surface area contributed by atoms with Crippen LogP contribution < -0.4 is 10.6 Å². The number of hydrogen-bond donors (Lipinski definition) is 2. The van der Waals surface area contributed by atoms with E-state index in [2.05, 4.69) is 25.7 Å². The molecular weight excluding hydrogens is 352 g/mol. The van der Waals surface area contributed by atoms with Crippen LogP contribution in [0.1, 0.15) is 18.3 Å². The Morgan fingerprint density at radius 1 is 1.08 bits per heavy atom. The molecule has 0 unspecified atom stereocenters. The Morgan fingerprint density at radius 3 is 2.38 bits per heavy atom. The number of anilines is 2. The van der Waals surface area contributed by atoms with Crippen LogP contribution in [-0.2, 0) is 9.59 Å². The predicted molar refractivity (Wildman–Crippen MR) is 100 cm³/mol. The molecule has 0 radical (unpaired) electrons. The summed E-state index contributed by atoms with van der Waals surface area (Å²) >= 11 is 1.25. The molecule has 8 nitrogen and oxygen atoms in total. The molecule has 0 aliphatic rings. The highest BCUT2D eigenvalue weighted by molar-refractivity contribution is 7.99. The van der Waals surface area contributed by atoms with Crippen molar-refractivity contribution in [3.63, 3.8) is 0 Å². The molecule has 0 fully saturated rings. The van der Waals surface area contributed by atoms with Crippen LogP contribution in [0, 0.1) is 13.8 Å². The van der Waals surface area contributed by atoms with Gasteiger partial charge in [-0.25, -0.2) is 9.50 Å². The van der Waals surface area contributed by atoms with Gasteiger partial charge >= 0.3 is 0 Å². The topological polar surface area (TPSA) is 101 Å². The minimum Gasteiger partial charge on any atom is -0.326 e. The van der Waals surface area contributed by atoms with Crippen molar-refractivity contribution in [2.24, 2.45) is 0 Å². The first-order chi connectivity index (χ1) is 12.4. The van der Waals surface area contributed by atoms with E-state index < -0.39 is 0 Å². The summed E-state index contributed by atoms with van der Waals surface area (Å²) in [6, 6.07) is 8.84. The molecule has 0 aliphatic carbocycles. The number of carbonyl (C=O) groups excluding carboxylic acids is 2. The Bertz CT molecular complexity index is 967. The molecule has 3 rings (SSSR count). The third-order valence-electron chi connectivity index (χ3n) is 3.42. The van der Waals surface area contributed by atoms with E-state index in [4.69, 9.17) is 0 Å². The molecule has 1 aromatic carbocycles. The molecular formula is C17H18N6O2S. The van der Waals surface area contributed by atoms with E-state index in [9.17, 15) is 9.59 Å². The van der Waals surface area contributed by atoms with Crippen LogP contribution in [0.4, 0.5) is 11.4 Å². The molecule has 2 heterocycles. The number of benzene rings is 1. The fraction of sp³-hybridized carbons (Fsp3) is 0.235. The SMILES string of the molecule is CC(=O)Nc1ccc(NC(=O)CSc2nc3nc(C)cc(C)n3n2)cc1. The Morgan fingerprint density at radius 2 is 1.73 bits per heavy atom. The zero-order valence-electron chi connectivity index (χ0n) is 14.6. The number of fused-ring (bicyclic) bond motifs is 1. The highest BCUT2D eigenvalue weighted by Gasteiger charge is 2.11.